The van der Waals surface area contributed by atoms with Crippen molar-refractivity contribution in [1.29, 1.82) is 0 Å². The summed E-state index contributed by atoms with van der Waals surface area (Å²) in [5.41, 5.74) is 2.71. The number of nitrogens with one attached hydrogen (secondary N) is 4. The number of hydrogen-bond donors (Lipinski definition) is 4. The van der Waals surface area contributed by atoms with Gasteiger partial charge in [-0.25, -0.2) is 0 Å². The molecule has 186 valence electrons. The van der Waals surface area contributed by atoms with E-state index in [-0.39, 0.29) is 49.6 Å². The minimum atomic E-state index is 0. The van der Waals surface area contributed by atoms with Gasteiger partial charge >= 0.3 is 0 Å². The van der Waals surface area contributed by atoms with Gasteiger partial charge in [0.1, 0.15) is 0 Å². The molecular formula is C24H42Cl4N4. The van der Waals surface area contributed by atoms with E-state index in [0.717, 1.165) is 52.4 Å². The SMILES string of the molecule is Cl.Cl.Cl.Cl.c1ccc(CNCCCNCCCCNCCCNCc2ccccc2)cc1. The second kappa shape index (κ2) is 26.7. The normalized spacial score (nSPS) is 9.62. The minimum absolute atomic E-state index is 0. The highest BCUT2D eigenvalue weighted by molar-refractivity contribution is 5.86. The fourth-order valence-corrected chi connectivity index (χ4v) is 3.08. The Hall–Kier alpha value is -0.560. The topological polar surface area (TPSA) is 48.1 Å². The van der Waals surface area contributed by atoms with Crippen LogP contribution in [0.4, 0.5) is 0 Å². The van der Waals surface area contributed by atoms with Crippen LogP contribution in [-0.2, 0) is 13.1 Å². The monoisotopic (exact) mass is 526 g/mol. The summed E-state index contributed by atoms with van der Waals surface area (Å²) in [6.07, 6.45) is 4.86. The van der Waals surface area contributed by atoms with E-state index >= 15 is 0 Å². The maximum Gasteiger partial charge on any atom is 0.0205 e. The molecule has 2 rings (SSSR count). The van der Waals surface area contributed by atoms with Crippen molar-refractivity contribution in [2.75, 3.05) is 39.3 Å². The van der Waals surface area contributed by atoms with Crippen molar-refractivity contribution >= 4 is 49.6 Å². The first-order valence-corrected chi connectivity index (χ1v) is 10.9. The van der Waals surface area contributed by atoms with E-state index in [1.807, 2.05) is 0 Å². The quantitative estimate of drug-likeness (QED) is 0.219. The molecule has 2 aromatic rings. The lowest BCUT2D eigenvalue weighted by atomic mass is 10.2. The second-order valence-corrected chi connectivity index (χ2v) is 7.24. The molecule has 4 N–H and O–H groups in total. The molecule has 0 aliphatic carbocycles. The van der Waals surface area contributed by atoms with Crippen molar-refractivity contribution in [3.63, 3.8) is 0 Å². The molecule has 0 aliphatic heterocycles. The van der Waals surface area contributed by atoms with Gasteiger partial charge in [0.05, 0.1) is 0 Å². The molecule has 0 saturated heterocycles. The van der Waals surface area contributed by atoms with E-state index in [0.29, 0.717) is 0 Å². The van der Waals surface area contributed by atoms with E-state index in [4.69, 9.17) is 0 Å². The van der Waals surface area contributed by atoms with Gasteiger partial charge in [0.15, 0.2) is 0 Å². The van der Waals surface area contributed by atoms with Gasteiger partial charge in [-0.1, -0.05) is 60.7 Å². The van der Waals surface area contributed by atoms with Crippen LogP contribution in [-0.4, -0.2) is 39.3 Å². The summed E-state index contributed by atoms with van der Waals surface area (Å²) in [6, 6.07) is 21.2. The summed E-state index contributed by atoms with van der Waals surface area (Å²) in [5.74, 6) is 0. The summed E-state index contributed by atoms with van der Waals surface area (Å²) < 4.78 is 0. The van der Waals surface area contributed by atoms with Crippen LogP contribution >= 0.6 is 49.6 Å². The lowest BCUT2D eigenvalue weighted by molar-refractivity contribution is 0.547. The molecule has 0 aromatic heterocycles. The summed E-state index contributed by atoms with van der Waals surface area (Å²) >= 11 is 0. The molecule has 0 saturated carbocycles. The van der Waals surface area contributed by atoms with Gasteiger partial charge in [-0.15, -0.1) is 49.6 Å². The molecule has 0 heterocycles. The summed E-state index contributed by atoms with van der Waals surface area (Å²) in [7, 11) is 0. The molecule has 4 nitrogen and oxygen atoms in total. The van der Waals surface area contributed by atoms with Gasteiger partial charge in [-0.3, -0.25) is 0 Å². The van der Waals surface area contributed by atoms with Gasteiger partial charge in [-0.2, -0.15) is 0 Å². The highest BCUT2D eigenvalue weighted by atomic mass is 35.5. The molecule has 0 bridgehead atoms. The Labute approximate surface area is 220 Å². The van der Waals surface area contributed by atoms with E-state index in [1.54, 1.807) is 0 Å². The lowest BCUT2D eigenvalue weighted by Crippen LogP contribution is -2.24. The van der Waals surface area contributed by atoms with Gasteiger partial charge < -0.3 is 21.3 Å². The fraction of sp³-hybridized carbons (Fsp3) is 0.500. The van der Waals surface area contributed by atoms with Gasteiger partial charge in [-0.05, 0) is 76.1 Å². The Morgan fingerprint density at radius 1 is 0.375 bits per heavy atom. The number of benzene rings is 2. The van der Waals surface area contributed by atoms with Crippen LogP contribution < -0.4 is 21.3 Å². The zero-order chi connectivity index (χ0) is 19.5. The first kappa shape index (κ1) is 36.0. The highest BCUT2D eigenvalue weighted by Crippen LogP contribution is 1.97. The summed E-state index contributed by atoms with van der Waals surface area (Å²) in [6.45, 7) is 8.52. The van der Waals surface area contributed by atoms with Crippen LogP contribution in [0.2, 0.25) is 0 Å². The van der Waals surface area contributed by atoms with E-state index in [2.05, 4.69) is 81.9 Å². The fourth-order valence-electron chi connectivity index (χ4n) is 3.08. The van der Waals surface area contributed by atoms with Crippen LogP contribution in [0.25, 0.3) is 0 Å². The maximum atomic E-state index is 3.54. The summed E-state index contributed by atoms with van der Waals surface area (Å²) in [5, 5.41) is 14.1. The van der Waals surface area contributed by atoms with Crippen molar-refractivity contribution in [3.8, 4) is 0 Å². The molecular weight excluding hydrogens is 486 g/mol. The zero-order valence-corrected chi connectivity index (χ0v) is 22.2. The van der Waals surface area contributed by atoms with Crippen molar-refractivity contribution < 1.29 is 0 Å². The Kier molecular flexibility index (Phi) is 30.0. The van der Waals surface area contributed by atoms with Crippen molar-refractivity contribution in [1.82, 2.24) is 21.3 Å². The van der Waals surface area contributed by atoms with E-state index in [9.17, 15) is 0 Å². The molecule has 0 aliphatic rings. The third-order valence-electron chi connectivity index (χ3n) is 4.72. The average Bonchev–Trinajstić information content (AvgIpc) is 2.75. The molecule has 2 aromatic carbocycles. The van der Waals surface area contributed by atoms with Gasteiger partial charge in [0, 0.05) is 13.1 Å². The number of rotatable bonds is 17. The van der Waals surface area contributed by atoms with E-state index < -0.39 is 0 Å². The number of hydrogen-bond acceptors (Lipinski definition) is 4. The molecule has 0 fully saturated rings. The smallest absolute Gasteiger partial charge is 0.0205 e. The van der Waals surface area contributed by atoms with Crippen LogP contribution in [0.3, 0.4) is 0 Å². The standard InChI is InChI=1S/C24H38N4.4ClH/c1-3-11-23(12-4-1)21-27-19-9-17-25-15-7-8-16-26-18-10-20-28-22-24-13-5-2-6-14-24;;;;/h1-6,11-14,25-28H,7-10,15-22H2;4*1H. The number of halogens is 4. The Balaban J connectivity index is -0.00000210. The van der Waals surface area contributed by atoms with Crippen molar-refractivity contribution in [3.05, 3.63) is 71.8 Å². The molecule has 0 unspecified atom stereocenters. The van der Waals surface area contributed by atoms with Crippen LogP contribution in [0.5, 0.6) is 0 Å². The van der Waals surface area contributed by atoms with E-state index in [1.165, 1.54) is 36.8 Å². The Morgan fingerprint density at radius 2 is 0.688 bits per heavy atom. The van der Waals surface area contributed by atoms with Crippen molar-refractivity contribution in [2.24, 2.45) is 0 Å². The molecule has 8 heteroatoms. The minimum Gasteiger partial charge on any atom is -0.317 e. The second-order valence-electron chi connectivity index (χ2n) is 7.24. The highest BCUT2D eigenvalue weighted by Gasteiger charge is 1.94. The largest absolute Gasteiger partial charge is 0.317 e. The van der Waals surface area contributed by atoms with Crippen molar-refractivity contribution in [2.45, 2.75) is 38.8 Å². The van der Waals surface area contributed by atoms with Gasteiger partial charge in [0.25, 0.3) is 0 Å². The lowest BCUT2D eigenvalue weighted by Gasteiger charge is -2.08. The third kappa shape index (κ3) is 20.1. The molecule has 32 heavy (non-hydrogen) atoms. The van der Waals surface area contributed by atoms with Gasteiger partial charge in [0.2, 0.25) is 0 Å². The van der Waals surface area contributed by atoms with Crippen LogP contribution in [0.15, 0.2) is 60.7 Å². The summed E-state index contributed by atoms with van der Waals surface area (Å²) in [4.78, 5) is 0. The first-order valence-electron chi connectivity index (χ1n) is 10.9. The third-order valence-corrected chi connectivity index (χ3v) is 4.72. The molecule has 0 spiro atoms. The van der Waals surface area contributed by atoms with Crippen LogP contribution in [0, 0.1) is 0 Å². The molecule has 0 amide bonds. The predicted octanol–water partition coefficient (Wildman–Crippen LogP) is 4.99. The van der Waals surface area contributed by atoms with Crippen LogP contribution in [0.1, 0.15) is 36.8 Å². The maximum absolute atomic E-state index is 3.54. The average molecular weight is 528 g/mol. The molecule has 0 atom stereocenters. The molecule has 0 radical (unpaired) electrons. The predicted molar refractivity (Wildman–Crippen MR) is 149 cm³/mol. The number of unbranched alkanes of at least 4 members (excludes halogenated alkanes) is 1. The zero-order valence-electron chi connectivity index (χ0n) is 18.9. The Bertz CT molecular complexity index is 538. The first-order chi connectivity index (χ1) is 13.9. The Morgan fingerprint density at radius 3 is 1.06 bits per heavy atom.